The third-order valence-electron chi connectivity index (χ3n) is 4.80. The third kappa shape index (κ3) is 5.27. The number of hydrogen-bond acceptors (Lipinski definition) is 7. The number of ether oxygens (including phenoxy) is 2. The lowest BCUT2D eigenvalue weighted by molar-refractivity contribution is 0.102. The minimum atomic E-state index is -0.765. The summed E-state index contributed by atoms with van der Waals surface area (Å²) < 4.78 is 16.6. The molecule has 0 radical (unpaired) electrons. The quantitative estimate of drug-likeness (QED) is 0.346. The van der Waals surface area contributed by atoms with Gasteiger partial charge in [0.2, 0.25) is 5.75 Å². The van der Waals surface area contributed by atoms with Crippen molar-refractivity contribution in [1.29, 1.82) is 0 Å². The number of fused-ring (bicyclic) bond motifs is 1. The van der Waals surface area contributed by atoms with E-state index in [4.69, 9.17) is 19.0 Å². The summed E-state index contributed by atoms with van der Waals surface area (Å²) in [6, 6.07) is 10.5. The van der Waals surface area contributed by atoms with Gasteiger partial charge in [-0.3, -0.25) is 4.79 Å². The van der Waals surface area contributed by atoms with Gasteiger partial charge in [-0.05, 0) is 56.2 Å². The Morgan fingerprint density at radius 3 is 2.62 bits per heavy atom. The second-order valence-corrected chi connectivity index (χ2v) is 7.63. The molecule has 0 spiro atoms. The van der Waals surface area contributed by atoms with Crippen molar-refractivity contribution in [2.45, 2.75) is 33.4 Å². The normalized spacial score (nSPS) is 11.1. The average molecular weight is 440 g/mol. The molecule has 32 heavy (non-hydrogen) atoms. The van der Waals surface area contributed by atoms with Crippen molar-refractivity contribution in [2.24, 2.45) is 0 Å². The molecule has 3 aromatic rings. The zero-order valence-electron chi connectivity index (χ0n) is 18.7. The van der Waals surface area contributed by atoms with Gasteiger partial charge in [0, 0.05) is 24.2 Å². The number of anilines is 1. The molecule has 0 aliphatic rings. The Hall–Kier alpha value is -3.36. The number of amides is 1. The fourth-order valence-corrected chi connectivity index (χ4v) is 3.28. The summed E-state index contributed by atoms with van der Waals surface area (Å²) in [4.78, 5) is 25.5. The zero-order valence-corrected chi connectivity index (χ0v) is 18.7. The molecule has 8 heteroatoms. The summed E-state index contributed by atoms with van der Waals surface area (Å²) in [5, 5.41) is 15.3. The number of aliphatic hydroxyl groups is 1. The maximum absolute atomic E-state index is 12.8. The van der Waals surface area contributed by atoms with Gasteiger partial charge in [-0.25, -0.2) is 4.79 Å². The first-order chi connectivity index (χ1) is 15.3. The van der Waals surface area contributed by atoms with Gasteiger partial charge < -0.3 is 29.6 Å². The summed E-state index contributed by atoms with van der Waals surface area (Å²) in [7, 11) is 1.50. The van der Waals surface area contributed by atoms with Crippen LogP contribution in [0.4, 0.5) is 5.69 Å². The van der Waals surface area contributed by atoms with E-state index < -0.39 is 11.5 Å². The zero-order chi connectivity index (χ0) is 23.3. The largest absolute Gasteiger partial charge is 0.493 e. The Bertz CT molecular complexity index is 1170. The van der Waals surface area contributed by atoms with Gasteiger partial charge in [0.15, 0.2) is 11.3 Å². The first kappa shape index (κ1) is 23.3. The van der Waals surface area contributed by atoms with Crippen molar-refractivity contribution in [1.82, 2.24) is 5.32 Å². The highest BCUT2D eigenvalue weighted by Crippen LogP contribution is 2.36. The van der Waals surface area contributed by atoms with Crippen LogP contribution >= 0.6 is 0 Å². The van der Waals surface area contributed by atoms with Crippen molar-refractivity contribution in [2.75, 3.05) is 25.6 Å². The molecule has 2 aromatic carbocycles. The molecule has 0 bridgehead atoms. The number of nitrogens with one attached hydrogen (secondary N) is 2. The van der Waals surface area contributed by atoms with Crippen LogP contribution in [0.1, 0.15) is 35.3 Å². The van der Waals surface area contributed by atoms with Crippen LogP contribution in [-0.4, -0.2) is 37.4 Å². The van der Waals surface area contributed by atoms with Gasteiger partial charge in [-0.2, -0.15) is 0 Å². The van der Waals surface area contributed by atoms with E-state index in [0.29, 0.717) is 35.7 Å². The van der Waals surface area contributed by atoms with Crippen molar-refractivity contribution >= 4 is 22.6 Å². The van der Waals surface area contributed by atoms with Gasteiger partial charge >= 0.3 is 5.63 Å². The summed E-state index contributed by atoms with van der Waals surface area (Å²) >= 11 is 0. The molecule has 8 nitrogen and oxygen atoms in total. The van der Waals surface area contributed by atoms with Gasteiger partial charge in [-0.1, -0.05) is 12.1 Å². The molecular formula is C24H28N2O6. The first-order valence-electron chi connectivity index (χ1n) is 10.4. The van der Waals surface area contributed by atoms with Gasteiger partial charge in [-0.15, -0.1) is 0 Å². The van der Waals surface area contributed by atoms with Crippen molar-refractivity contribution < 1.29 is 23.8 Å². The van der Waals surface area contributed by atoms with E-state index in [1.165, 1.54) is 13.2 Å². The highest BCUT2D eigenvalue weighted by atomic mass is 16.5. The Labute approximate surface area is 186 Å². The van der Waals surface area contributed by atoms with Crippen LogP contribution in [-0.2, 0) is 6.54 Å². The molecule has 170 valence electrons. The number of methoxy groups -OCH3 is 1. The molecule has 0 atom stereocenters. The predicted octanol–water partition coefficient (Wildman–Crippen LogP) is 3.23. The molecule has 1 aromatic heterocycles. The Kier molecular flexibility index (Phi) is 7.50. The second kappa shape index (κ2) is 10.3. The number of benzene rings is 2. The van der Waals surface area contributed by atoms with E-state index in [9.17, 15) is 9.59 Å². The van der Waals surface area contributed by atoms with E-state index >= 15 is 0 Å². The summed E-state index contributed by atoms with van der Waals surface area (Å²) in [5.74, 6) is 0.207. The topological polar surface area (TPSA) is 110 Å². The maximum atomic E-state index is 12.8. The highest BCUT2D eigenvalue weighted by Gasteiger charge is 2.19. The summed E-state index contributed by atoms with van der Waals surface area (Å²) in [6.07, 6.45) is -0.160. The lowest BCUT2D eigenvalue weighted by Crippen LogP contribution is -2.21. The van der Waals surface area contributed by atoms with Crippen LogP contribution in [0.5, 0.6) is 11.5 Å². The van der Waals surface area contributed by atoms with Crippen LogP contribution in [0.15, 0.2) is 45.6 Å². The fourth-order valence-electron chi connectivity index (χ4n) is 3.28. The number of aliphatic hydroxyl groups excluding tert-OH is 1. The monoisotopic (exact) mass is 440 g/mol. The Morgan fingerprint density at radius 2 is 1.97 bits per heavy atom. The highest BCUT2D eigenvalue weighted by molar-refractivity contribution is 6.06. The van der Waals surface area contributed by atoms with Crippen molar-refractivity contribution in [3.05, 3.63) is 63.5 Å². The van der Waals surface area contributed by atoms with Gasteiger partial charge in [0.05, 0.1) is 19.8 Å². The average Bonchev–Trinajstić information content (AvgIpc) is 2.75. The molecule has 0 aliphatic carbocycles. The molecule has 3 rings (SSSR count). The van der Waals surface area contributed by atoms with Crippen LogP contribution in [0, 0.1) is 6.92 Å². The molecule has 3 N–H and O–H groups in total. The molecular weight excluding hydrogens is 412 g/mol. The van der Waals surface area contributed by atoms with E-state index in [1.54, 1.807) is 18.2 Å². The SMILES string of the molecule is COc1ccc2cc(C(=O)Nc3ccc(CNCCO)cc3C)c(=O)oc2c1OC(C)C. The predicted molar refractivity (Wildman–Crippen MR) is 123 cm³/mol. The second-order valence-electron chi connectivity index (χ2n) is 7.63. The number of aryl methyl sites for hydroxylation is 1. The van der Waals surface area contributed by atoms with Crippen molar-refractivity contribution in [3.8, 4) is 11.5 Å². The summed E-state index contributed by atoms with van der Waals surface area (Å²) in [5.41, 5.74) is 1.83. The molecule has 0 fully saturated rings. The van der Waals surface area contributed by atoms with E-state index in [2.05, 4.69) is 10.6 Å². The van der Waals surface area contributed by atoms with E-state index in [0.717, 1.165) is 11.1 Å². The minimum absolute atomic E-state index is 0.0688. The molecule has 0 saturated carbocycles. The Morgan fingerprint density at radius 1 is 1.19 bits per heavy atom. The summed E-state index contributed by atoms with van der Waals surface area (Å²) in [6.45, 7) is 6.76. The van der Waals surface area contributed by atoms with Crippen LogP contribution in [0.2, 0.25) is 0 Å². The smallest absolute Gasteiger partial charge is 0.349 e. The van der Waals surface area contributed by atoms with Crippen LogP contribution in [0.3, 0.4) is 0 Å². The Balaban J connectivity index is 1.89. The fraction of sp³-hybridized carbons (Fsp3) is 0.333. The first-order valence-corrected chi connectivity index (χ1v) is 10.4. The van der Waals surface area contributed by atoms with Crippen LogP contribution in [0.25, 0.3) is 11.0 Å². The number of carbonyl (C=O) groups is 1. The van der Waals surface area contributed by atoms with E-state index in [-0.39, 0.29) is 23.9 Å². The molecule has 0 unspecified atom stereocenters. The number of hydrogen-bond donors (Lipinski definition) is 3. The number of carbonyl (C=O) groups excluding carboxylic acids is 1. The lowest BCUT2D eigenvalue weighted by atomic mass is 10.1. The molecule has 0 aliphatic heterocycles. The lowest BCUT2D eigenvalue weighted by Gasteiger charge is -2.15. The molecule has 1 heterocycles. The number of rotatable bonds is 9. The third-order valence-corrected chi connectivity index (χ3v) is 4.80. The van der Waals surface area contributed by atoms with Crippen molar-refractivity contribution in [3.63, 3.8) is 0 Å². The molecule has 1 amide bonds. The van der Waals surface area contributed by atoms with Crippen LogP contribution < -0.4 is 25.7 Å². The standard InChI is InChI=1S/C24H28N2O6/c1-14(2)31-22-20(30-4)8-6-17-12-18(24(29)32-21(17)22)23(28)26-19-7-5-16(11-15(19)3)13-25-9-10-27/h5-8,11-12,14,25,27H,9-10,13H2,1-4H3,(H,26,28). The maximum Gasteiger partial charge on any atom is 0.349 e. The minimum Gasteiger partial charge on any atom is -0.493 e. The van der Waals surface area contributed by atoms with E-state index in [1.807, 2.05) is 32.9 Å². The van der Waals surface area contributed by atoms with Gasteiger partial charge in [0.25, 0.3) is 5.91 Å². The molecule has 0 saturated heterocycles. The van der Waals surface area contributed by atoms with Gasteiger partial charge in [0.1, 0.15) is 5.56 Å².